The fourth-order valence-corrected chi connectivity index (χ4v) is 5.52. The van der Waals surface area contributed by atoms with E-state index in [1.807, 2.05) is 55.5 Å². The van der Waals surface area contributed by atoms with E-state index >= 15 is 0 Å². The molecule has 2 atom stereocenters. The van der Waals surface area contributed by atoms with Crippen molar-refractivity contribution >= 4 is 30.1 Å². The Morgan fingerprint density at radius 1 is 1.04 bits per heavy atom. The highest BCUT2D eigenvalue weighted by Gasteiger charge is 2.31. The topological polar surface area (TPSA) is 37.3 Å². The molecule has 0 saturated heterocycles. The van der Waals surface area contributed by atoms with Crippen LogP contribution in [0.15, 0.2) is 59.5 Å². The minimum Gasteiger partial charge on any atom is -0.388 e. The van der Waals surface area contributed by atoms with Crippen LogP contribution in [0.2, 0.25) is 19.6 Å². The van der Waals surface area contributed by atoms with Gasteiger partial charge in [0.2, 0.25) is 0 Å². The quantitative estimate of drug-likeness (QED) is 0.605. The first kappa shape index (κ1) is 19.0. The molecule has 0 aliphatic rings. The van der Waals surface area contributed by atoms with Gasteiger partial charge in [-0.25, -0.2) is 0 Å². The van der Waals surface area contributed by atoms with Gasteiger partial charge in [-0.2, -0.15) is 0 Å². The summed E-state index contributed by atoms with van der Waals surface area (Å²) in [4.78, 5) is 13.7. The molecular formula is C20H26O2SSi. The molecule has 24 heavy (non-hydrogen) atoms. The molecule has 0 radical (unpaired) electrons. The zero-order valence-electron chi connectivity index (χ0n) is 14.8. The van der Waals surface area contributed by atoms with E-state index in [2.05, 4.69) is 25.7 Å². The minimum absolute atomic E-state index is 0.0292. The number of carbonyl (C=O) groups is 1. The number of thioether (sulfide) groups is 1. The highest BCUT2D eigenvalue weighted by molar-refractivity contribution is 8.13. The Hall–Kier alpha value is -1.36. The summed E-state index contributed by atoms with van der Waals surface area (Å²) < 4.78 is 0. The largest absolute Gasteiger partial charge is 0.388 e. The van der Waals surface area contributed by atoms with Crippen molar-refractivity contribution in [3.8, 4) is 0 Å². The predicted molar refractivity (Wildman–Crippen MR) is 105 cm³/mol. The Morgan fingerprint density at radius 2 is 1.62 bits per heavy atom. The average molecular weight is 359 g/mol. The van der Waals surface area contributed by atoms with Crippen molar-refractivity contribution < 1.29 is 9.90 Å². The zero-order valence-corrected chi connectivity index (χ0v) is 16.6. The molecule has 0 spiro atoms. The number of hydrogen-bond acceptors (Lipinski definition) is 3. The van der Waals surface area contributed by atoms with E-state index in [9.17, 15) is 9.90 Å². The Morgan fingerprint density at radius 3 is 2.21 bits per heavy atom. The Kier molecular flexibility index (Phi) is 6.44. The lowest BCUT2D eigenvalue weighted by atomic mass is 9.94. The Bertz CT molecular complexity index is 680. The number of carbonyl (C=O) groups excluding carboxylic acids is 1. The van der Waals surface area contributed by atoms with Crippen LogP contribution in [0.5, 0.6) is 0 Å². The lowest BCUT2D eigenvalue weighted by molar-refractivity contribution is -0.117. The average Bonchev–Trinajstić information content (AvgIpc) is 2.55. The molecule has 0 aliphatic heterocycles. The third-order valence-electron chi connectivity index (χ3n) is 4.17. The molecule has 0 aliphatic carbocycles. The summed E-state index contributed by atoms with van der Waals surface area (Å²) in [5.41, 5.74) is 0.922. The van der Waals surface area contributed by atoms with Crippen molar-refractivity contribution in [1.82, 2.24) is 0 Å². The molecule has 0 aromatic heterocycles. The summed E-state index contributed by atoms with van der Waals surface area (Å²) in [6.45, 7) is 8.76. The molecule has 0 unspecified atom stereocenters. The molecule has 4 heteroatoms. The molecule has 0 saturated carbocycles. The Balaban J connectivity index is 2.26. The lowest BCUT2D eigenvalue weighted by Crippen LogP contribution is -2.41. The normalized spacial score (nSPS) is 14.2. The molecule has 2 rings (SSSR count). The van der Waals surface area contributed by atoms with Gasteiger partial charge in [0.25, 0.3) is 0 Å². The van der Waals surface area contributed by atoms with Crippen LogP contribution in [0.1, 0.15) is 25.0 Å². The van der Waals surface area contributed by atoms with E-state index in [0.717, 1.165) is 10.5 Å². The van der Waals surface area contributed by atoms with Crippen LogP contribution in [0.25, 0.3) is 0 Å². The number of aliphatic hydroxyl groups is 1. The predicted octanol–water partition coefficient (Wildman–Crippen LogP) is 4.61. The third-order valence-corrected chi connectivity index (χ3v) is 7.26. The van der Waals surface area contributed by atoms with Gasteiger partial charge in [-0.3, -0.25) is 4.79 Å². The van der Waals surface area contributed by atoms with E-state index in [4.69, 9.17) is 0 Å². The van der Waals surface area contributed by atoms with Crippen molar-refractivity contribution in [3.05, 3.63) is 60.2 Å². The van der Waals surface area contributed by atoms with Crippen LogP contribution in [0.3, 0.4) is 0 Å². The van der Waals surface area contributed by atoms with Gasteiger partial charge in [0.05, 0.1) is 20.1 Å². The van der Waals surface area contributed by atoms with Gasteiger partial charge in [-0.15, -0.1) is 0 Å². The van der Waals surface area contributed by atoms with E-state index in [1.54, 1.807) is 0 Å². The maximum absolute atomic E-state index is 12.7. The van der Waals surface area contributed by atoms with Gasteiger partial charge in [0, 0.05) is 4.90 Å². The highest BCUT2D eigenvalue weighted by Crippen LogP contribution is 2.32. The second-order valence-electron chi connectivity index (χ2n) is 7.03. The molecule has 0 bridgehead atoms. The first-order valence-corrected chi connectivity index (χ1v) is 12.7. The maximum atomic E-state index is 12.7. The first-order valence-electron chi connectivity index (χ1n) is 8.38. The number of hydrogen-bond donors (Lipinski definition) is 1. The van der Waals surface area contributed by atoms with E-state index in [0.29, 0.717) is 6.42 Å². The third kappa shape index (κ3) is 4.59. The summed E-state index contributed by atoms with van der Waals surface area (Å²) in [6, 6.07) is 17.7. The summed E-state index contributed by atoms with van der Waals surface area (Å²) >= 11 is 1.23. The van der Waals surface area contributed by atoms with Crippen LogP contribution in [0.4, 0.5) is 0 Å². The molecule has 0 amide bonds. The smallest absolute Gasteiger partial charge is 0.199 e. The van der Waals surface area contributed by atoms with Crippen LogP contribution in [0, 0.1) is 5.92 Å². The number of rotatable bonds is 6. The molecule has 128 valence electrons. The summed E-state index contributed by atoms with van der Waals surface area (Å²) in [5.74, 6) is -0.396. The monoisotopic (exact) mass is 358 g/mol. The van der Waals surface area contributed by atoms with Gasteiger partial charge >= 0.3 is 0 Å². The van der Waals surface area contributed by atoms with Crippen LogP contribution >= 0.6 is 11.8 Å². The second kappa shape index (κ2) is 8.14. The van der Waals surface area contributed by atoms with Crippen molar-refractivity contribution in [2.45, 2.75) is 44.0 Å². The summed E-state index contributed by atoms with van der Waals surface area (Å²) in [5, 5.41) is 12.2. The SMILES string of the molecule is CC[C@H](C(=O)Sc1ccccc1)[C@H](O)c1ccccc1[Si](C)(C)C. The molecule has 1 N–H and O–H groups in total. The van der Waals surface area contributed by atoms with Gasteiger partial charge in [-0.05, 0) is 24.1 Å². The van der Waals surface area contributed by atoms with Gasteiger partial charge < -0.3 is 5.11 Å². The molecule has 2 nitrogen and oxygen atoms in total. The molecule has 0 fully saturated rings. The van der Waals surface area contributed by atoms with Crippen LogP contribution in [-0.2, 0) is 4.79 Å². The molecule has 0 heterocycles. The molecule has 2 aromatic rings. The van der Waals surface area contributed by atoms with Gasteiger partial charge in [0.1, 0.15) is 0 Å². The highest BCUT2D eigenvalue weighted by atomic mass is 32.2. The molecule has 2 aromatic carbocycles. The van der Waals surface area contributed by atoms with E-state index < -0.39 is 20.1 Å². The Labute approximate surface area is 150 Å². The summed E-state index contributed by atoms with van der Waals surface area (Å²) in [6.07, 6.45) is -0.124. The molecular weight excluding hydrogens is 332 g/mol. The van der Waals surface area contributed by atoms with Gasteiger partial charge in [-0.1, -0.05) is 86.0 Å². The van der Waals surface area contributed by atoms with Crippen LogP contribution in [-0.4, -0.2) is 18.3 Å². The number of aliphatic hydroxyl groups excluding tert-OH is 1. The van der Waals surface area contributed by atoms with Crippen molar-refractivity contribution in [2.75, 3.05) is 0 Å². The van der Waals surface area contributed by atoms with Crippen molar-refractivity contribution in [3.63, 3.8) is 0 Å². The zero-order chi connectivity index (χ0) is 17.7. The van der Waals surface area contributed by atoms with E-state index in [-0.39, 0.29) is 5.12 Å². The van der Waals surface area contributed by atoms with Crippen molar-refractivity contribution in [2.24, 2.45) is 5.92 Å². The van der Waals surface area contributed by atoms with Crippen LogP contribution < -0.4 is 5.19 Å². The lowest BCUT2D eigenvalue weighted by Gasteiger charge is -2.27. The van der Waals surface area contributed by atoms with Gasteiger partial charge in [0.15, 0.2) is 5.12 Å². The fraction of sp³-hybridized carbons (Fsp3) is 0.350. The summed E-state index contributed by atoms with van der Waals surface area (Å²) in [7, 11) is -1.59. The maximum Gasteiger partial charge on any atom is 0.199 e. The number of benzene rings is 2. The minimum atomic E-state index is -1.59. The van der Waals surface area contributed by atoms with Crippen molar-refractivity contribution in [1.29, 1.82) is 0 Å². The van der Waals surface area contributed by atoms with E-state index in [1.165, 1.54) is 16.9 Å². The first-order chi connectivity index (χ1) is 11.3. The standard InChI is InChI=1S/C20H26O2SSi/c1-5-16(20(22)23-15-11-7-6-8-12-15)19(21)17-13-9-10-14-18(17)24(2,3)4/h6-14,16,19,21H,5H2,1-4H3/t16-,19-/m0/s1. The fourth-order valence-electron chi connectivity index (χ4n) is 2.85. The second-order valence-corrected chi connectivity index (χ2v) is 13.1.